The molecule has 1 atom stereocenters. The minimum Gasteiger partial charge on any atom is -0.372 e. The highest BCUT2D eigenvalue weighted by Crippen LogP contribution is 2.37. The first-order valence-electron chi connectivity index (χ1n) is 8.63. The average Bonchev–Trinajstić information content (AvgIpc) is 2.98. The molecule has 2 aliphatic heterocycles. The van der Waals surface area contributed by atoms with Gasteiger partial charge in [-0.3, -0.25) is 9.88 Å². The monoisotopic (exact) mass is 344 g/mol. The SMILES string of the molecule is Cc1ccsc1CN1CC2(C[C@@H](OCc3ccccn3)CCO2)C1. The second-order valence-corrected chi connectivity index (χ2v) is 7.95. The van der Waals surface area contributed by atoms with Gasteiger partial charge in [0.1, 0.15) is 0 Å². The molecule has 0 radical (unpaired) electrons. The van der Waals surface area contributed by atoms with Gasteiger partial charge < -0.3 is 9.47 Å². The highest BCUT2D eigenvalue weighted by atomic mass is 32.1. The number of nitrogens with zero attached hydrogens (tertiary/aromatic N) is 2. The number of thiophene rings is 1. The predicted octanol–water partition coefficient (Wildman–Crippen LogP) is 3.40. The third kappa shape index (κ3) is 3.54. The van der Waals surface area contributed by atoms with Crippen LogP contribution >= 0.6 is 11.3 Å². The Labute approximate surface area is 147 Å². The van der Waals surface area contributed by atoms with E-state index in [0.717, 1.165) is 44.8 Å². The van der Waals surface area contributed by atoms with Gasteiger partial charge in [-0.2, -0.15) is 0 Å². The molecule has 0 amide bonds. The van der Waals surface area contributed by atoms with Crippen LogP contribution in [0.5, 0.6) is 0 Å². The van der Waals surface area contributed by atoms with Gasteiger partial charge >= 0.3 is 0 Å². The highest BCUT2D eigenvalue weighted by molar-refractivity contribution is 7.10. The van der Waals surface area contributed by atoms with Gasteiger partial charge in [0.25, 0.3) is 0 Å². The summed E-state index contributed by atoms with van der Waals surface area (Å²) in [5.74, 6) is 0. The van der Waals surface area contributed by atoms with E-state index in [2.05, 4.69) is 28.3 Å². The largest absolute Gasteiger partial charge is 0.372 e. The fourth-order valence-corrected chi connectivity index (χ4v) is 4.63. The Morgan fingerprint density at radius 3 is 3.04 bits per heavy atom. The number of aryl methyl sites for hydroxylation is 1. The van der Waals surface area contributed by atoms with Crippen molar-refractivity contribution < 1.29 is 9.47 Å². The summed E-state index contributed by atoms with van der Waals surface area (Å²) in [4.78, 5) is 8.29. The van der Waals surface area contributed by atoms with Crippen molar-refractivity contribution in [3.8, 4) is 0 Å². The molecule has 5 heteroatoms. The molecule has 4 heterocycles. The second kappa shape index (κ2) is 6.92. The molecule has 2 saturated heterocycles. The minimum atomic E-state index is 0.0121. The fourth-order valence-electron chi connectivity index (χ4n) is 3.68. The van der Waals surface area contributed by atoms with Gasteiger partial charge in [-0.1, -0.05) is 6.07 Å². The number of pyridine rings is 1. The standard InChI is InChI=1S/C19H24N2O2S/c1-15-6-9-24-18(15)11-21-13-19(14-21)10-17(5-8-23-19)22-12-16-4-2-3-7-20-16/h2-4,6-7,9,17H,5,8,10-14H2,1H3/t17-/m0/s1. The van der Waals surface area contributed by atoms with Crippen LogP contribution in [0.4, 0.5) is 0 Å². The molecule has 4 nitrogen and oxygen atoms in total. The Bertz CT molecular complexity index is 667. The molecule has 0 aliphatic carbocycles. The summed E-state index contributed by atoms with van der Waals surface area (Å²) in [6.45, 7) is 6.69. The van der Waals surface area contributed by atoms with Crippen molar-refractivity contribution in [1.82, 2.24) is 9.88 Å². The molecule has 2 aromatic rings. The minimum absolute atomic E-state index is 0.0121. The van der Waals surface area contributed by atoms with Crippen LogP contribution in [-0.4, -0.2) is 41.3 Å². The zero-order valence-corrected chi connectivity index (χ0v) is 14.9. The summed E-state index contributed by atoms with van der Waals surface area (Å²) in [5, 5.41) is 2.18. The van der Waals surface area contributed by atoms with E-state index in [-0.39, 0.29) is 11.7 Å². The average molecular weight is 344 g/mol. The number of rotatable bonds is 5. The second-order valence-electron chi connectivity index (χ2n) is 6.95. The van der Waals surface area contributed by atoms with Crippen molar-refractivity contribution in [2.75, 3.05) is 19.7 Å². The lowest BCUT2D eigenvalue weighted by molar-refractivity contribution is -0.200. The highest BCUT2D eigenvalue weighted by Gasteiger charge is 2.47. The maximum Gasteiger partial charge on any atom is 0.0959 e. The van der Waals surface area contributed by atoms with Gasteiger partial charge in [0, 0.05) is 43.7 Å². The van der Waals surface area contributed by atoms with Crippen molar-refractivity contribution in [2.24, 2.45) is 0 Å². The van der Waals surface area contributed by atoms with E-state index in [1.165, 1.54) is 10.4 Å². The van der Waals surface area contributed by atoms with Crippen molar-refractivity contribution >= 4 is 11.3 Å². The molecule has 0 bridgehead atoms. The molecule has 0 saturated carbocycles. The predicted molar refractivity (Wildman–Crippen MR) is 95.1 cm³/mol. The maximum atomic E-state index is 6.13. The number of aromatic nitrogens is 1. The van der Waals surface area contributed by atoms with Crippen molar-refractivity contribution in [3.63, 3.8) is 0 Å². The third-order valence-corrected chi connectivity index (χ3v) is 6.01. The summed E-state index contributed by atoms with van der Waals surface area (Å²) in [7, 11) is 0. The van der Waals surface area contributed by atoms with E-state index in [4.69, 9.17) is 9.47 Å². The van der Waals surface area contributed by atoms with E-state index in [9.17, 15) is 0 Å². The quantitative estimate of drug-likeness (QED) is 0.833. The Morgan fingerprint density at radius 2 is 2.29 bits per heavy atom. The Morgan fingerprint density at radius 1 is 1.38 bits per heavy atom. The first-order chi connectivity index (χ1) is 11.7. The number of ether oxygens (including phenoxy) is 2. The molecule has 2 aliphatic rings. The van der Waals surface area contributed by atoms with Crippen LogP contribution in [-0.2, 0) is 22.6 Å². The molecular formula is C19H24N2O2S. The molecule has 2 fully saturated rings. The van der Waals surface area contributed by atoms with E-state index in [1.54, 1.807) is 0 Å². The zero-order valence-electron chi connectivity index (χ0n) is 14.1. The summed E-state index contributed by atoms with van der Waals surface area (Å²) in [5.41, 5.74) is 2.42. The van der Waals surface area contributed by atoms with Gasteiger partial charge in [0.2, 0.25) is 0 Å². The Kier molecular flexibility index (Phi) is 4.68. The number of likely N-dealkylation sites (tertiary alicyclic amines) is 1. The van der Waals surface area contributed by atoms with Gasteiger partial charge in [-0.15, -0.1) is 11.3 Å². The summed E-state index contributed by atoms with van der Waals surface area (Å²) < 4.78 is 12.2. The van der Waals surface area contributed by atoms with Crippen molar-refractivity contribution in [3.05, 3.63) is 52.0 Å². The third-order valence-electron chi connectivity index (χ3n) is 5.00. The Hall–Kier alpha value is -1.27. The molecule has 0 aromatic carbocycles. The smallest absolute Gasteiger partial charge is 0.0959 e. The van der Waals surface area contributed by atoms with Crippen LogP contribution in [0.3, 0.4) is 0 Å². The normalized spacial score (nSPS) is 23.3. The lowest BCUT2D eigenvalue weighted by Gasteiger charge is -2.53. The first-order valence-corrected chi connectivity index (χ1v) is 9.51. The molecular weight excluding hydrogens is 320 g/mol. The van der Waals surface area contributed by atoms with Gasteiger partial charge in [0.05, 0.1) is 24.0 Å². The molecule has 2 aromatic heterocycles. The molecule has 1 spiro atoms. The molecule has 0 unspecified atom stereocenters. The topological polar surface area (TPSA) is 34.6 Å². The van der Waals surface area contributed by atoms with Crippen molar-refractivity contribution in [1.29, 1.82) is 0 Å². The summed E-state index contributed by atoms with van der Waals surface area (Å²) >= 11 is 1.85. The maximum absolute atomic E-state index is 6.13. The van der Waals surface area contributed by atoms with Crippen LogP contribution in [0.15, 0.2) is 35.8 Å². The van der Waals surface area contributed by atoms with Crippen LogP contribution in [0, 0.1) is 6.92 Å². The fraction of sp³-hybridized carbons (Fsp3) is 0.526. The van der Waals surface area contributed by atoms with Gasteiger partial charge in [0.15, 0.2) is 0 Å². The lowest BCUT2D eigenvalue weighted by atomic mass is 9.84. The number of hydrogen-bond acceptors (Lipinski definition) is 5. The van der Waals surface area contributed by atoms with E-state index in [0.29, 0.717) is 6.61 Å². The van der Waals surface area contributed by atoms with E-state index < -0.39 is 0 Å². The van der Waals surface area contributed by atoms with Crippen molar-refractivity contribution in [2.45, 2.75) is 44.6 Å². The van der Waals surface area contributed by atoms with Crippen LogP contribution in [0.25, 0.3) is 0 Å². The number of hydrogen-bond donors (Lipinski definition) is 0. The summed E-state index contributed by atoms with van der Waals surface area (Å²) in [6.07, 6.45) is 4.09. The van der Waals surface area contributed by atoms with Crippen LogP contribution < -0.4 is 0 Å². The molecule has 4 rings (SSSR count). The Balaban J connectivity index is 1.27. The van der Waals surface area contributed by atoms with Crippen LogP contribution in [0.1, 0.15) is 29.0 Å². The van der Waals surface area contributed by atoms with Gasteiger partial charge in [-0.05, 0) is 42.5 Å². The van der Waals surface area contributed by atoms with E-state index >= 15 is 0 Å². The molecule has 128 valence electrons. The zero-order chi connectivity index (χ0) is 16.4. The van der Waals surface area contributed by atoms with Gasteiger partial charge in [-0.25, -0.2) is 0 Å². The first kappa shape index (κ1) is 16.2. The molecule has 24 heavy (non-hydrogen) atoms. The van der Waals surface area contributed by atoms with E-state index in [1.807, 2.05) is 35.7 Å². The van der Waals surface area contributed by atoms with Crippen LogP contribution in [0.2, 0.25) is 0 Å². The lowest BCUT2D eigenvalue weighted by Crippen LogP contribution is -2.65. The summed E-state index contributed by atoms with van der Waals surface area (Å²) in [6, 6.07) is 8.16. The molecule has 0 N–H and O–H groups in total.